The molecule has 6 heteroatoms. The molecular weight excluding hydrogens is 242 g/mol. The monoisotopic (exact) mass is 251 g/mol. The molecule has 0 radical (unpaired) electrons. The minimum Gasteiger partial charge on any atom is -0.367 e. The van der Waals surface area contributed by atoms with E-state index in [4.69, 9.17) is 11.6 Å². The van der Waals surface area contributed by atoms with Gasteiger partial charge in [0.25, 0.3) is 5.56 Å². The van der Waals surface area contributed by atoms with Crippen LogP contribution in [0.3, 0.4) is 0 Å². The van der Waals surface area contributed by atoms with Crippen LogP contribution in [0.15, 0.2) is 39.9 Å². The van der Waals surface area contributed by atoms with E-state index in [-0.39, 0.29) is 0 Å². The molecule has 1 aromatic carbocycles. The van der Waals surface area contributed by atoms with E-state index in [1.165, 1.54) is 6.07 Å². The summed E-state index contributed by atoms with van der Waals surface area (Å²) in [6.07, 6.45) is 0. The topological polar surface area (TPSA) is 77.8 Å². The van der Waals surface area contributed by atoms with Crippen molar-refractivity contribution in [2.24, 2.45) is 0 Å². The smallest absolute Gasteiger partial charge is 0.327 e. The van der Waals surface area contributed by atoms with Gasteiger partial charge in [-0.1, -0.05) is 29.8 Å². The van der Waals surface area contributed by atoms with E-state index in [0.717, 1.165) is 5.56 Å². The third-order valence-corrected chi connectivity index (χ3v) is 2.56. The molecule has 1 heterocycles. The van der Waals surface area contributed by atoms with Crippen LogP contribution in [0.2, 0.25) is 5.02 Å². The number of aromatic nitrogens is 2. The molecule has 2 rings (SSSR count). The van der Waals surface area contributed by atoms with Gasteiger partial charge in [-0.3, -0.25) is 14.8 Å². The Bertz CT molecular complexity index is 605. The van der Waals surface area contributed by atoms with Gasteiger partial charge < -0.3 is 5.32 Å². The van der Waals surface area contributed by atoms with Gasteiger partial charge in [-0.15, -0.1) is 0 Å². The number of halogens is 1. The zero-order chi connectivity index (χ0) is 12.3. The Morgan fingerprint density at radius 1 is 1.18 bits per heavy atom. The lowest BCUT2D eigenvalue weighted by Gasteiger charge is -2.06. The van der Waals surface area contributed by atoms with Gasteiger partial charge in [0, 0.05) is 17.6 Å². The quantitative estimate of drug-likeness (QED) is 0.770. The Morgan fingerprint density at radius 3 is 2.65 bits per heavy atom. The summed E-state index contributed by atoms with van der Waals surface area (Å²) in [5, 5.41) is 3.56. The van der Waals surface area contributed by atoms with E-state index in [1.54, 1.807) is 6.07 Å². The SMILES string of the molecule is O=c1cc(NCc2ccccc2Cl)[nH]c(=O)[nH]1. The predicted octanol–water partition coefficient (Wildman–Crippen LogP) is 1.33. The average molecular weight is 252 g/mol. The van der Waals surface area contributed by atoms with Gasteiger partial charge in [0.2, 0.25) is 0 Å². The molecule has 5 nitrogen and oxygen atoms in total. The normalized spacial score (nSPS) is 10.2. The van der Waals surface area contributed by atoms with Crippen molar-refractivity contribution in [2.75, 3.05) is 5.32 Å². The standard InChI is InChI=1S/C11H10ClN3O2/c12-8-4-2-1-3-7(8)6-13-9-5-10(16)15-11(17)14-9/h1-5H,6H2,(H3,13,14,15,16,17). The third-order valence-electron chi connectivity index (χ3n) is 2.19. The number of aromatic amines is 2. The molecule has 0 amide bonds. The zero-order valence-electron chi connectivity index (χ0n) is 8.79. The highest BCUT2D eigenvalue weighted by Crippen LogP contribution is 2.15. The van der Waals surface area contributed by atoms with Crippen LogP contribution in [0, 0.1) is 0 Å². The maximum Gasteiger partial charge on any atom is 0.327 e. The van der Waals surface area contributed by atoms with E-state index in [1.807, 2.05) is 18.2 Å². The maximum absolute atomic E-state index is 11.0. The van der Waals surface area contributed by atoms with E-state index in [0.29, 0.717) is 17.4 Å². The summed E-state index contributed by atoms with van der Waals surface area (Å²) < 4.78 is 0. The Balaban J connectivity index is 2.15. The van der Waals surface area contributed by atoms with Crippen LogP contribution in [0.5, 0.6) is 0 Å². The van der Waals surface area contributed by atoms with Crippen LogP contribution in [-0.2, 0) is 6.54 Å². The van der Waals surface area contributed by atoms with Crippen LogP contribution < -0.4 is 16.6 Å². The number of nitrogens with one attached hydrogen (secondary N) is 3. The van der Waals surface area contributed by atoms with Crippen molar-refractivity contribution in [3.05, 3.63) is 61.8 Å². The summed E-state index contributed by atoms with van der Waals surface area (Å²) in [6, 6.07) is 8.61. The molecule has 1 aromatic heterocycles. The number of benzene rings is 1. The van der Waals surface area contributed by atoms with E-state index >= 15 is 0 Å². The van der Waals surface area contributed by atoms with Crippen LogP contribution in [0.4, 0.5) is 5.82 Å². The predicted molar refractivity (Wildman–Crippen MR) is 66.5 cm³/mol. The molecule has 0 saturated carbocycles. The van der Waals surface area contributed by atoms with Gasteiger partial charge in [0.15, 0.2) is 0 Å². The molecule has 0 bridgehead atoms. The molecule has 0 aliphatic rings. The van der Waals surface area contributed by atoms with Crippen molar-refractivity contribution in [3.8, 4) is 0 Å². The van der Waals surface area contributed by atoms with Gasteiger partial charge in [-0.05, 0) is 11.6 Å². The molecule has 88 valence electrons. The largest absolute Gasteiger partial charge is 0.367 e. The molecule has 0 saturated heterocycles. The average Bonchev–Trinajstić information content (AvgIpc) is 2.27. The minimum absolute atomic E-state index is 0.360. The molecule has 17 heavy (non-hydrogen) atoms. The summed E-state index contributed by atoms with van der Waals surface area (Å²) in [7, 11) is 0. The van der Waals surface area contributed by atoms with E-state index < -0.39 is 11.2 Å². The van der Waals surface area contributed by atoms with Crippen molar-refractivity contribution in [1.82, 2.24) is 9.97 Å². The molecule has 0 fully saturated rings. The maximum atomic E-state index is 11.0. The van der Waals surface area contributed by atoms with Crippen molar-refractivity contribution in [3.63, 3.8) is 0 Å². The molecule has 3 N–H and O–H groups in total. The summed E-state index contributed by atoms with van der Waals surface area (Å²) in [5.41, 5.74) is -0.107. The highest BCUT2D eigenvalue weighted by Gasteiger charge is 2.00. The van der Waals surface area contributed by atoms with Gasteiger partial charge in [0.05, 0.1) is 0 Å². The lowest BCUT2D eigenvalue weighted by Crippen LogP contribution is -2.22. The lowest BCUT2D eigenvalue weighted by atomic mass is 10.2. The van der Waals surface area contributed by atoms with Gasteiger partial charge in [-0.2, -0.15) is 0 Å². The van der Waals surface area contributed by atoms with Crippen molar-refractivity contribution in [2.45, 2.75) is 6.54 Å². The molecule has 0 spiro atoms. The summed E-state index contributed by atoms with van der Waals surface area (Å²) in [6.45, 7) is 0.430. The van der Waals surface area contributed by atoms with Crippen LogP contribution >= 0.6 is 11.6 Å². The van der Waals surface area contributed by atoms with Crippen LogP contribution in [-0.4, -0.2) is 9.97 Å². The fourth-order valence-electron chi connectivity index (χ4n) is 1.40. The third kappa shape index (κ3) is 2.98. The first-order valence-electron chi connectivity index (χ1n) is 4.96. The summed E-state index contributed by atoms with van der Waals surface area (Å²) in [5.74, 6) is 0.360. The highest BCUT2D eigenvalue weighted by atomic mass is 35.5. The van der Waals surface area contributed by atoms with E-state index in [9.17, 15) is 9.59 Å². The summed E-state index contributed by atoms with van der Waals surface area (Å²) >= 11 is 5.97. The second-order valence-electron chi connectivity index (χ2n) is 3.45. The lowest BCUT2D eigenvalue weighted by molar-refractivity contribution is 1.01. The van der Waals surface area contributed by atoms with Gasteiger partial charge >= 0.3 is 5.69 Å². The molecule has 2 aromatic rings. The number of anilines is 1. The zero-order valence-corrected chi connectivity index (χ0v) is 9.54. The molecule has 0 atom stereocenters. The second-order valence-corrected chi connectivity index (χ2v) is 3.85. The van der Waals surface area contributed by atoms with Crippen LogP contribution in [0.25, 0.3) is 0 Å². The number of H-pyrrole nitrogens is 2. The first-order valence-corrected chi connectivity index (χ1v) is 5.34. The Morgan fingerprint density at radius 2 is 1.94 bits per heavy atom. The Labute approximate surface area is 101 Å². The minimum atomic E-state index is -0.542. The first-order chi connectivity index (χ1) is 8.15. The van der Waals surface area contributed by atoms with Crippen molar-refractivity contribution >= 4 is 17.4 Å². The summed E-state index contributed by atoms with van der Waals surface area (Å²) in [4.78, 5) is 26.6. The number of hydrogen-bond donors (Lipinski definition) is 3. The molecule has 0 aliphatic heterocycles. The number of rotatable bonds is 3. The molecular formula is C11H10ClN3O2. The van der Waals surface area contributed by atoms with Crippen LogP contribution in [0.1, 0.15) is 5.56 Å². The molecule has 0 aliphatic carbocycles. The fraction of sp³-hybridized carbons (Fsp3) is 0.0909. The van der Waals surface area contributed by atoms with Gasteiger partial charge in [0.1, 0.15) is 5.82 Å². The first kappa shape index (κ1) is 11.5. The Kier molecular flexibility index (Phi) is 3.30. The van der Waals surface area contributed by atoms with Gasteiger partial charge in [-0.25, -0.2) is 4.79 Å². The van der Waals surface area contributed by atoms with Crippen molar-refractivity contribution in [1.29, 1.82) is 0 Å². The Hall–Kier alpha value is -2.01. The fourth-order valence-corrected chi connectivity index (χ4v) is 1.60. The second kappa shape index (κ2) is 4.88. The van der Waals surface area contributed by atoms with Crippen molar-refractivity contribution < 1.29 is 0 Å². The molecule has 0 unspecified atom stereocenters. The highest BCUT2D eigenvalue weighted by molar-refractivity contribution is 6.31. The number of hydrogen-bond acceptors (Lipinski definition) is 3. The van der Waals surface area contributed by atoms with E-state index in [2.05, 4.69) is 15.3 Å².